The standard InChI is InChI=1S/C16H27NOS/c1-2-11-18-12-6-10-17-16(14-7-3-4-8-14)15-9-5-13-19-15/h5,9,13-14,16-17H,2-4,6-8,10-12H2,1H3. The molecule has 0 aromatic carbocycles. The van der Waals surface area contributed by atoms with E-state index < -0.39 is 0 Å². The molecule has 1 saturated carbocycles. The van der Waals surface area contributed by atoms with Crippen molar-refractivity contribution in [2.24, 2.45) is 5.92 Å². The van der Waals surface area contributed by atoms with Crippen molar-refractivity contribution in [3.8, 4) is 0 Å². The molecule has 108 valence electrons. The van der Waals surface area contributed by atoms with E-state index in [0.29, 0.717) is 6.04 Å². The lowest BCUT2D eigenvalue weighted by Crippen LogP contribution is -2.28. The lowest BCUT2D eigenvalue weighted by atomic mass is 9.96. The average Bonchev–Trinajstić information content (AvgIpc) is 3.11. The van der Waals surface area contributed by atoms with E-state index in [9.17, 15) is 0 Å². The van der Waals surface area contributed by atoms with Crippen LogP contribution in [0.15, 0.2) is 17.5 Å². The maximum absolute atomic E-state index is 5.54. The van der Waals surface area contributed by atoms with Gasteiger partial charge in [0.15, 0.2) is 0 Å². The van der Waals surface area contributed by atoms with Crippen molar-refractivity contribution in [3.05, 3.63) is 22.4 Å². The Bertz CT molecular complexity index is 319. The molecule has 1 aliphatic carbocycles. The number of thiophene rings is 1. The van der Waals surface area contributed by atoms with Crippen molar-refractivity contribution < 1.29 is 4.74 Å². The van der Waals surface area contributed by atoms with E-state index in [1.807, 2.05) is 11.3 Å². The van der Waals surface area contributed by atoms with Gasteiger partial charge >= 0.3 is 0 Å². The van der Waals surface area contributed by atoms with Crippen LogP contribution in [0.1, 0.15) is 56.4 Å². The quantitative estimate of drug-likeness (QED) is 0.678. The first-order valence-electron chi connectivity index (χ1n) is 7.76. The van der Waals surface area contributed by atoms with Gasteiger partial charge in [0.25, 0.3) is 0 Å². The molecule has 1 aromatic heterocycles. The van der Waals surface area contributed by atoms with Gasteiger partial charge in [-0.3, -0.25) is 0 Å². The summed E-state index contributed by atoms with van der Waals surface area (Å²) in [6.07, 6.45) is 7.84. The summed E-state index contributed by atoms with van der Waals surface area (Å²) >= 11 is 1.90. The summed E-state index contributed by atoms with van der Waals surface area (Å²) in [5.74, 6) is 0.843. The molecule has 0 aliphatic heterocycles. The smallest absolute Gasteiger partial charge is 0.0478 e. The summed E-state index contributed by atoms with van der Waals surface area (Å²) in [5.41, 5.74) is 0. The minimum absolute atomic E-state index is 0.577. The first kappa shape index (κ1) is 15.0. The molecule has 0 amide bonds. The third-order valence-corrected chi connectivity index (χ3v) is 4.85. The van der Waals surface area contributed by atoms with Crippen molar-refractivity contribution in [1.29, 1.82) is 0 Å². The third-order valence-electron chi connectivity index (χ3n) is 3.90. The number of hydrogen-bond donors (Lipinski definition) is 1. The summed E-state index contributed by atoms with van der Waals surface area (Å²) in [6, 6.07) is 5.04. The van der Waals surface area contributed by atoms with Gasteiger partial charge in [-0.25, -0.2) is 0 Å². The molecule has 1 fully saturated rings. The van der Waals surface area contributed by atoms with Crippen molar-refractivity contribution in [1.82, 2.24) is 5.32 Å². The molecule has 0 bridgehead atoms. The Kier molecular flexibility index (Phi) is 6.90. The molecule has 2 rings (SSSR count). The minimum Gasteiger partial charge on any atom is -0.381 e. The van der Waals surface area contributed by atoms with E-state index in [1.165, 1.54) is 30.6 Å². The van der Waals surface area contributed by atoms with Crippen LogP contribution >= 0.6 is 11.3 Å². The van der Waals surface area contributed by atoms with Gasteiger partial charge in [-0.05, 0) is 49.6 Å². The molecule has 0 spiro atoms. The highest BCUT2D eigenvalue weighted by atomic mass is 32.1. The van der Waals surface area contributed by atoms with E-state index >= 15 is 0 Å². The molecule has 1 aromatic rings. The third kappa shape index (κ3) is 4.90. The summed E-state index contributed by atoms with van der Waals surface area (Å²) < 4.78 is 5.54. The Hall–Kier alpha value is -0.380. The highest BCUT2D eigenvalue weighted by Gasteiger charge is 2.26. The molecule has 2 nitrogen and oxygen atoms in total. The Labute approximate surface area is 121 Å². The van der Waals surface area contributed by atoms with Crippen molar-refractivity contribution in [3.63, 3.8) is 0 Å². The summed E-state index contributed by atoms with van der Waals surface area (Å²) in [7, 11) is 0. The van der Waals surface area contributed by atoms with Gasteiger partial charge in [0.1, 0.15) is 0 Å². The molecular formula is C16H27NOS. The maximum atomic E-state index is 5.54. The van der Waals surface area contributed by atoms with Crippen molar-refractivity contribution in [2.75, 3.05) is 19.8 Å². The molecule has 1 heterocycles. The van der Waals surface area contributed by atoms with Crippen LogP contribution in [-0.2, 0) is 4.74 Å². The van der Waals surface area contributed by atoms with Crippen LogP contribution in [0.2, 0.25) is 0 Å². The SMILES string of the molecule is CCCOCCCNC(c1cccs1)C1CCCC1. The van der Waals surface area contributed by atoms with Gasteiger partial charge in [-0.2, -0.15) is 0 Å². The zero-order valence-electron chi connectivity index (χ0n) is 12.1. The molecule has 0 radical (unpaired) electrons. The topological polar surface area (TPSA) is 21.3 Å². The highest BCUT2D eigenvalue weighted by molar-refractivity contribution is 7.10. The largest absolute Gasteiger partial charge is 0.381 e. The van der Waals surface area contributed by atoms with Gasteiger partial charge in [0.05, 0.1) is 0 Å². The Balaban J connectivity index is 1.75. The number of nitrogens with one attached hydrogen (secondary N) is 1. The number of ether oxygens (including phenoxy) is 1. The molecule has 19 heavy (non-hydrogen) atoms. The average molecular weight is 281 g/mol. The fourth-order valence-electron chi connectivity index (χ4n) is 2.94. The zero-order valence-corrected chi connectivity index (χ0v) is 12.9. The second-order valence-electron chi connectivity index (χ2n) is 5.46. The van der Waals surface area contributed by atoms with E-state index in [0.717, 1.165) is 38.5 Å². The van der Waals surface area contributed by atoms with Crippen molar-refractivity contribution >= 4 is 11.3 Å². The lowest BCUT2D eigenvalue weighted by molar-refractivity contribution is 0.131. The second kappa shape index (κ2) is 8.72. The van der Waals surface area contributed by atoms with Crippen molar-refractivity contribution in [2.45, 2.75) is 51.5 Å². The number of rotatable bonds is 9. The van der Waals surface area contributed by atoms with Gasteiger partial charge in [0, 0.05) is 24.1 Å². The molecule has 1 atom stereocenters. The zero-order chi connectivity index (χ0) is 13.3. The van der Waals surface area contributed by atoms with Gasteiger partial charge in [0.2, 0.25) is 0 Å². The van der Waals surface area contributed by atoms with Crippen LogP contribution in [0.3, 0.4) is 0 Å². The normalized spacial score (nSPS) is 17.9. The lowest BCUT2D eigenvalue weighted by Gasteiger charge is -2.24. The first-order chi connectivity index (χ1) is 9.42. The fourth-order valence-corrected chi connectivity index (χ4v) is 3.83. The Morgan fingerprint density at radius 2 is 2.21 bits per heavy atom. The van der Waals surface area contributed by atoms with E-state index in [1.54, 1.807) is 0 Å². The minimum atomic E-state index is 0.577. The van der Waals surface area contributed by atoms with E-state index in [4.69, 9.17) is 4.74 Å². The Morgan fingerprint density at radius 3 is 2.89 bits per heavy atom. The molecule has 1 N–H and O–H groups in total. The van der Waals surface area contributed by atoms with Gasteiger partial charge < -0.3 is 10.1 Å². The predicted octanol–water partition coefficient (Wildman–Crippen LogP) is 4.39. The summed E-state index contributed by atoms with van der Waals surface area (Å²) in [4.78, 5) is 1.52. The molecule has 1 aliphatic rings. The van der Waals surface area contributed by atoms with Crippen LogP contribution in [0.5, 0.6) is 0 Å². The van der Waals surface area contributed by atoms with Crippen LogP contribution in [0.4, 0.5) is 0 Å². The molecule has 0 saturated heterocycles. The Morgan fingerprint density at radius 1 is 1.37 bits per heavy atom. The molecule has 3 heteroatoms. The molecular weight excluding hydrogens is 254 g/mol. The van der Waals surface area contributed by atoms with Crippen LogP contribution < -0.4 is 5.32 Å². The van der Waals surface area contributed by atoms with E-state index in [2.05, 4.69) is 29.8 Å². The monoisotopic (exact) mass is 281 g/mol. The predicted molar refractivity (Wildman–Crippen MR) is 82.7 cm³/mol. The van der Waals surface area contributed by atoms with Crippen LogP contribution in [-0.4, -0.2) is 19.8 Å². The summed E-state index contributed by atoms with van der Waals surface area (Å²) in [5, 5.41) is 5.97. The van der Waals surface area contributed by atoms with Gasteiger partial charge in [-0.1, -0.05) is 25.8 Å². The highest BCUT2D eigenvalue weighted by Crippen LogP contribution is 2.37. The van der Waals surface area contributed by atoms with Crippen LogP contribution in [0, 0.1) is 5.92 Å². The van der Waals surface area contributed by atoms with E-state index in [-0.39, 0.29) is 0 Å². The van der Waals surface area contributed by atoms with Gasteiger partial charge in [-0.15, -0.1) is 11.3 Å². The first-order valence-corrected chi connectivity index (χ1v) is 8.64. The molecule has 1 unspecified atom stereocenters. The van der Waals surface area contributed by atoms with Crippen LogP contribution in [0.25, 0.3) is 0 Å². The maximum Gasteiger partial charge on any atom is 0.0478 e. The number of hydrogen-bond acceptors (Lipinski definition) is 3. The fraction of sp³-hybridized carbons (Fsp3) is 0.750. The summed E-state index contributed by atoms with van der Waals surface area (Å²) in [6.45, 7) is 5.02. The second-order valence-corrected chi connectivity index (χ2v) is 6.44.